The number of nitrogens with one attached hydrogen (secondary N) is 1. The highest BCUT2D eigenvalue weighted by atomic mass is 35.5. The number of hydrogen-bond acceptors (Lipinski definition) is 6. The summed E-state index contributed by atoms with van der Waals surface area (Å²) < 4.78 is 6.81. The first-order chi connectivity index (χ1) is 14.5. The van der Waals surface area contributed by atoms with Crippen LogP contribution in [0, 0.1) is 0 Å². The van der Waals surface area contributed by atoms with Gasteiger partial charge in [-0.05, 0) is 31.2 Å². The molecule has 3 aromatic carbocycles. The van der Waals surface area contributed by atoms with Gasteiger partial charge >= 0.3 is 0 Å². The summed E-state index contributed by atoms with van der Waals surface area (Å²) in [5, 5.41) is 15.4. The van der Waals surface area contributed by atoms with Gasteiger partial charge in [-0.25, -0.2) is 9.98 Å². The zero-order chi connectivity index (χ0) is 20.8. The number of aromatic hydroxyl groups is 1. The standard InChI is InChI=1S/C22H16ClN3O3S/c1-11-19(21(28)25-12-6-7-17-18(8-12)30-10-24-17)26-22(29-11)15-9-16(23)13-4-2-3-5-14(13)20(15)27/h2-11,19,27H,1H3,(H,25,28)/t11-,19-/m0/s1. The molecule has 0 radical (unpaired) electrons. The molecule has 4 aromatic rings. The third-order valence-electron chi connectivity index (χ3n) is 5.06. The van der Waals surface area contributed by atoms with Crippen molar-refractivity contribution in [3.8, 4) is 5.75 Å². The largest absolute Gasteiger partial charge is 0.506 e. The van der Waals surface area contributed by atoms with Crippen LogP contribution in [-0.2, 0) is 9.53 Å². The molecule has 0 unspecified atom stereocenters. The molecule has 0 aliphatic carbocycles. The minimum atomic E-state index is -0.748. The summed E-state index contributed by atoms with van der Waals surface area (Å²) in [6, 6.07) is 13.7. The Morgan fingerprint density at radius 3 is 2.83 bits per heavy atom. The normalized spacial score (nSPS) is 18.4. The number of phenols is 1. The van der Waals surface area contributed by atoms with E-state index in [4.69, 9.17) is 16.3 Å². The third-order valence-corrected chi connectivity index (χ3v) is 6.17. The number of aromatic nitrogens is 1. The van der Waals surface area contributed by atoms with E-state index in [0.29, 0.717) is 21.7 Å². The predicted octanol–water partition coefficient (Wildman–Crippen LogP) is 4.98. The second-order valence-corrected chi connectivity index (χ2v) is 8.32. The maximum atomic E-state index is 12.8. The maximum Gasteiger partial charge on any atom is 0.253 e. The number of hydrogen-bond donors (Lipinski definition) is 2. The number of anilines is 1. The quantitative estimate of drug-likeness (QED) is 0.473. The molecular weight excluding hydrogens is 422 g/mol. The van der Waals surface area contributed by atoms with E-state index in [0.717, 1.165) is 15.6 Å². The van der Waals surface area contributed by atoms with Crippen molar-refractivity contribution in [3.05, 3.63) is 64.6 Å². The molecule has 1 amide bonds. The molecule has 2 N–H and O–H groups in total. The Hall–Kier alpha value is -3.16. The molecule has 8 heteroatoms. The molecule has 2 heterocycles. The fourth-order valence-electron chi connectivity index (χ4n) is 3.53. The summed E-state index contributed by atoms with van der Waals surface area (Å²) in [5.41, 5.74) is 3.69. The molecule has 0 bridgehead atoms. The lowest BCUT2D eigenvalue weighted by atomic mass is 10.1. The Morgan fingerprint density at radius 2 is 2.00 bits per heavy atom. The van der Waals surface area contributed by atoms with Crippen LogP contribution >= 0.6 is 22.9 Å². The highest BCUT2D eigenvalue weighted by molar-refractivity contribution is 7.16. The average Bonchev–Trinajstić information content (AvgIpc) is 3.36. The lowest BCUT2D eigenvalue weighted by Crippen LogP contribution is -2.32. The van der Waals surface area contributed by atoms with Gasteiger partial charge in [0.05, 0.1) is 21.3 Å². The number of carbonyl (C=O) groups is 1. The Labute approximate surface area is 180 Å². The molecule has 0 fully saturated rings. The summed E-state index contributed by atoms with van der Waals surface area (Å²) in [6.45, 7) is 1.77. The van der Waals surface area contributed by atoms with E-state index >= 15 is 0 Å². The van der Waals surface area contributed by atoms with Crippen LogP contribution in [0.3, 0.4) is 0 Å². The molecule has 6 nitrogen and oxygen atoms in total. The molecule has 0 saturated heterocycles. The van der Waals surface area contributed by atoms with E-state index < -0.39 is 12.1 Å². The van der Waals surface area contributed by atoms with Crippen molar-refractivity contribution < 1.29 is 14.6 Å². The van der Waals surface area contributed by atoms with Crippen molar-refractivity contribution in [3.63, 3.8) is 0 Å². The van der Waals surface area contributed by atoms with Crippen molar-refractivity contribution >= 4 is 61.4 Å². The summed E-state index contributed by atoms with van der Waals surface area (Å²) in [5.74, 6) is -0.0592. The Kier molecular flexibility index (Phi) is 4.56. The Balaban J connectivity index is 1.45. The van der Waals surface area contributed by atoms with Gasteiger partial charge in [0.25, 0.3) is 5.91 Å². The molecule has 0 saturated carbocycles. The zero-order valence-electron chi connectivity index (χ0n) is 15.8. The van der Waals surface area contributed by atoms with Gasteiger partial charge in [0, 0.05) is 21.5 Å². The first kappa shape index (κ1) is 18.8. The second-order valence-electron chi connectivity index (χ2n) is 7.03. The number of benzene rings is 3. The number of phenolic OH excluding ortho intramolecular Hbond substituents is 1. The fourth-order valence-corrected chi connectivity index (χ4v) is 4.53. The van der Waals surface area contributed by atoms with E-state index in [2.05, 4.69) is 15.3 Å². The van der Waals surface area contributed by atoms with E-state index in [9.17, 15) is 9.90 Å². The second kappa shape index (κ2) is 7.27. The monoisotopic (exact) mass is 437 g/mol. The van der Waals surface area contributed by atoms with E-state index in [1.807, 2.05) is 30.3 Å². The minimum Gasteiger partial charge on any atom is -0.506 e. The van der Waals surface area contributed by atoms with Crippen LogP contribution in [0.25, 0.3) is 21.0 Å². The number of ether oxygens (including phenoxy) is 1. The molecule has 1 aliphatic rings. The number of fused-ring (bicyclic) bond motifs is 2. The van der Waals surface area contributed by atoms with Gasteiger partial charge in [0.2, 0.25) is 5.90 Å². The van der Waals surface area contributed by atoms with Crippen molar-refractivity contribution in [2.75, 3.05) is 5.32 Å². The SMILES string of the molecule is C[C@@H]1OC(c2cc(Cl)c3ccccc3c2O)=N[C@@H]1C(=O)Nc1ccc2ncsc2c1. The van der Waals surface area contributed by atoms with Gasteiger partial charge in [0.15, 0.2) is 6.04 Å². The lowest BCUT2D eigenvalue weighted by Gasteiger charge is -2.13. The number of aliphatic imine (C=N–C) groups is 1. The number of nitrogens with zero attached hydrogens (tertiary/aromatic N) is 2. The first-order valence-electron chi connectivity index (χ1n) is 9.30. The highest BCUT2D eigenvalue weighted by Gasteiger charge is 2.35. The van der Waals surface area contributed by atoms with Gasteiger partial charge in [0.1, 0.15) is 11.9 Å². The molecule has 1 aliphatic heterocycles. The number of halogens is 1. The van der Waals surface area contributed by atoms with Gasteiger partial charge in [-0.3, -0.25) is 4.79 Å². The van der Waals surface area contributed by atoms with Crippen molar-refractivity contribution in [1.29, 1.82) is 0 Å². The van der Waals surface area contributed by atoms with E-state index in [-0.39, 0.29) is 17.6 Å². The summed E-state index contributed by atoms with van der Waals surface area (Å²) in [6.07, 6.45) is -0.489. The van der Waals surface area contributed by atoms with Crippen molar-refractivity contribution in [1.82, 2.24) is 4.98 Å². The van der Waals surface area contributed by atoms with Crippen LogP contribution in [0.2, 0.25) is 5.02 Å². The van der Waals surface area contributed by atoms with E-state index in [1.165, 1.54) is 11.3 Å². The van der Waals surface area contributed by atoms with Crippen LogP contribution in [0.1, 0.15) is 12.5 Å². The molecule has 30 heavy (non-hydrogen) atoms. The number of rotatable bonds is 3. The van der Waals surface area contributed by atoms with Gasteiger partial charge in [-0.2, -0.15) is 0 Å². The molecule has 150 valence electrons. The van der Waals surface area contributed by atoms with Gasteiger partial charge in [-0.1, -0.05) is 35.9 Å². The van der Waals surface area contributed by atoms with E-state index in [1.54, 1.807) is 30.6 Å². The summed E-state index contributed by atoms with van der Waals surface area (Å²) in [4.78, 5) is 21.5. The summed E-state index contributed by atoms with van der Waals surface area (Å²) in [7, 11) is 0. The number of thiazole rings is 1. The van der Waals surface area contributed by atoms with Crippen LogP contribution in [-0.4, -0.2) is 34.0 Å². The predicted molar refractivity (Wildman–Crippen MR) is 120 cm³/mol. The van der Waals surface area contributed by atoms with Crippen LogP contribution < -0.4 is 5.32 Å². The minimum absolute atomic E-state index is 0.0256. The Morgan fingerprint density at radius 1 is 1.20 bits per heavy atom. The average molecular weight is 438 g/mol. The topological polar surface area (TPSA) is 83.8 Å². The zero-order valence-corrected chi connectivity index (χ0v) is 17.4. The number of carbonyl (C=O) groups excluding carboxylic acids is 1. The van der Waals surface area contributed by atoms with Crippen molar-refractivity contribution in [2.24, 2.45) is 4.99 Å². The summed E-state index contributed by atoms with van der Waals surface area (Å²) >= 11 is 7.90. The fraction of sp³-hybridized carbons (Fsp3) is 0.136. The molecule has 1 aromatic heterocycles. The van der Waals surface area contributed by atoms with Crippen LogP contribution in [0.15, 0.2) is 59.0 Å². The van der Waals surface area contributed by atoms with Crippen LogP contribution in [0.5, 0.6) is 5.75 Å². The molecule has 0 spiro atoms. The first-order valence-corrected chi connectivity index (χ1v) is 10.6. The molecule has 5 rings (SSSR count). The van der Waals surface area contributed by atoms with Gasteiger partial charge in [-0.15, -0.1) is 11.3 Å². The lowest BCUT2D eigenvalue weighted by molar-refractivity contribution is -0.118. The molecular formula is C22H16ClN3O3S. The third kappa shape index (κ3) is 3.16. The van der Waals surface area contributed by atoms with Crippen molar-refractivity contribution in [2.45, 2.75) is 19.1 Å². The van der Waals surface area contributed by atoms with Gasteiger partial charge < -0.3 is 15.2 Å². The Bertz CT molecular complexity index is 1330. The number of amides is 1. The molecule has 2 atom stereocenters. The highest BCUT2D eigenvalue weighted by Crippen LogP contribution is 2.36. The smallest absolute Gasteiger partial charge is 0.253 e. The van der Waals surface area contributed by atoms with Crippen LogP contribution in [0.4, 0.5) is 5.69 Å². The maximum absolute atomic E-state index is 12.8.